The third-order valence-electron chi connectivity index (χ3n) is 2.90. The first kappa shape index (κ1) is 15.4. The van der Waals surface area contributed by atoms with Crippen LogP contribution in [0, 0.1) is 0 Å². The van der Waals surface area contributed by atoms with E-state index in [9.17, 15) is 0 Å². The van der Waals surface area contributed by atoms with Crippen molar-refractivity contribution in [1.82, 2.24) is 25.4 Å². The summed E-state index contributed by atoms with van der Waals surface area (Å²) in [4.78, 5) is 8.14. The molecule has 112 valence electrons. The molecule has 2 N–H and O–H groups in total. The third kappa shape index (κ3) is 4.78. The molecule has 0 amide bonds. The first-order valence-corrected chi connectivity index (χ1v) is 8.10. The molecule has 2 aromatic rings. The molecule has 2 rings (SSSR count). The van der Waals surface area contributed by atoms with E-state index in [-0.39, 0.29) is 0 Å². The Morgan fingerprint density at radius 2 is 2.10 bits per heavy atom. The van der Waals surface area contributed by atoms with Gasteiger partial charge in [-0.15, -0.1) is 0 Å². The van der Waals surface area contributed by atoms with Gasteiger partial charge in [0.2, 0.25) is 0 Å². The first-order valence-electron chi connectivity index (χ1n) is 6.71. The number of nitrogens with one attached hydrogen (secondary N) is 2. The minimum Gasteiger partial charge on any atom is -0.356 e. The van der Waals surface area contributed by atoms with Crippen molar-refractivity contribution >= 4 is 17.7 Å². The van der Waals surface area contributed by atoms with Crippen molar-refractivity contribution in [1.29, 1.82) is 0 Å². The van der Waals surface area contributed by atoms with Crippen LogP contribution in [0.25, 0.3) is 5.69 Å². The Labute approximate surface area is 129 Å². The lowest BCUT2D eigenvalue weighted by molar-refractivity contribution is 0.830. The maximum absolute atomic E-state index is 4.20. The highest BCUT2D eigenvalue weighted by Crippen LogP contribution is 2.07. The van der Waals surface area contributed by atoms with Gasteiger partial charge in [-0.05, 0) is 24.0 Å². The summed E-state index contributed by atoms with van der Waals surface area (Å²) in [6.07, 6.45) is 5.30. The zero-order valence-electron chi connectivity index (χ0n) is 12.3. The van der Waals surface area contributed by atoms with Gasteiger partial charge in [0, 0.05) is 25.9 Å². The molecular weight excluding hydrogens is 284 g/mol. The van der Waals surface area contributed by atoms with E-state index in [0.717, 1.165) is 30.5 Å². The molecule has 1 heterocycles. The lowest BCUT2D eigenvalue weighted by Crippen LogP contribution is -2.37. The van der Waals surface area contributed by atoms with Gasteiger partial charge in [0.15, 0.2) is 5.96 Å². The van der Waals surface area contributed by atoms with Crippen LogP contribution in [0.2, 0.25) is 0 Å². The molecule has 0 saturated carbocycles. The monoisotopic (exact) mass is 304 g/mol. The molecule has 0 aliphatic rings. The number of guanidine groups is 1. The highest BCUT2D eigenvalue weighted by atomic mass is 32.2. The lowest BCUT2D eigenvalue weighted by Gasteiger charge is -2.11. The van der Waals surface area contributed by atoms with E-state index >= 15 is 0 Å². The van der Waals surface area contributed by atoms with Gasteiger partial charge >= 0.3 is 0 Å². The summed E-state index contributed by atoms with van der Waals surface area (Å²) >= 11 is 1.81. The number of hydrogen-bond donors (Lipinski definition) is 2. The van der Waals surface area contributed by atoms with Crippen molar-refractivity contribution in [3.05, 3.63) is 42.5 Å². The van der Waals surface area contributed by atoms with E-state index in [4.69, 9.17) is 0 Å². The van der Waals surface area contributed by atoms with Crippen molar-refractivity contribution in [2.24, 2.45) is 4.99 Å². The Balaban J connectivity index is 1.85. The van der Waals surface area contributed by atoms with Gasteiger partial charge in [-0.2, -0.15) is 16.9 Å². The number of hydrogen-bond acceptors (Lipinski definition) is 4. The summed E-state index contributed by atoms with van der Waals surface area (Å²) in [7, 11) is 1.78. The topological polar surface area (TPSA) is 67.1 Å². The van der Waals surface area contributed by atoms with E-state index < -0.39 is 0 Å². The van der Waals surface area contributed by atoms with Crippen LogP contribution in [-0.2, 0) is 6.54 Å². The van der Waals surface area contributed by atoms with Gasteiger partial charge in [-0.3, -0.25) is 4.99 Å². The van der Waals surface area contributed by atoms with Crippen LogP contribution >= 0.6 is 11.8 Å². The van der Waals surface area contributed by atoms with Crippen LogP contribution in [0.5, 0.6) is 0 Å². The number of aromatic nitrogens is 3. The molecular formula is C14H20N6S. The Bertz CT molecular complexity index is 549. The van der Waals surface area contributed by atoms with Crippen molar-refractivity contribution in [3.63, 3.8) is 0 Å². The Morgan fingerprint density at radius 3 is 2.71 bits per heavy atom. The molecule has 0 bridgehead atoms. The molecule has 6 nitrogen and oxygen atoms in total. The smallest absolute Gasteiger partial charge is 0.191 e. The summed E-state index contributed by atoms with van der Waals surface area (Å²) < 4.78 is 1.74. The van der Waals surface area contributed by atoms with Gasteiger partial charge in [0.25, 0.3) is 0 Å². The second-order valence-electron chi connectivity index (χ2n) is 4.35. The Morgan fingerprint density at radius 1 is 1.29 bits per heavy atom. The van der Waals surface area contributed by atoms with E-state index in [0.29, 0.717) is 0 Å². The van der Waals surface area contributed by atoms with Crippen LogP contribution in [0.4, 0.5) is 0 Å². The maximum Gasteiger partial charge on any atom is 0.191 e. The molecule has 0 unspecified atom stereocenters. The number of thioether (sulfide) groups is 1. The summed E-state index contributed by atoms with van der Waals surface area (Å²) in [6.45, 7) is 1.64. The number of nitrogens with zero attached hydrogens (tertiary/aromatic N) is 4. The predicted molar refractivity (Wildman–Crippen MR) is 87.9 cm³/mol. The zero-order valence-corrected chi connectivity index (χ0v) is 13.1. The number of rotatable bonds is 6. The fraction of sp³-hybridized carbons (Fsp3) is 0.357. The van der Waals surface area contributed by atoms with Crippen LogP contribution in [-0.4, -0.2) is 46.3 Å². The van der Waals surface area contributed by atoms with Crippen LogP contribution in [0.3, 0.4) is 0 Å². The first-order chi connectivity index (χ1) is 10.3. The number of aliphatic imine (C=N–C) groups is 1. The average Bonchev–Trinajstić information content (AvgIpc) is 3.06. The van der Waals surface area contributed by atoms with E-state index in [1.165, 1.54) is 11.9 Å². The van der Waals surface area contributed by atoms with Gasteiger partial charge in [0.1, 0.15) is 12.7 Å². The highest BCUT2D eigenvalue weighted by molar-refractivity contribution is 7.98. The fourth-order valence-corrected chi connectivity index (χ4v) is 2.09. The molecule has 21 heavy (non-hydrogen) atoms. The minimum atomic E-state index is 0.733. The normalized spacial score (nSPS) is 11.4. The second-order valence-corrected chi connectivity index (χ2v) is 5.34. The van der Waals surface area contributed by atoms with Gasteiger partial charge < -0.3 is 10.6 Å². The summed E-state index contributed by atoms with van der Waals surface area (Å²) in [5.74, 6) is 1.89. The maximum atomic E-state index is 4.20. The van der Waals surface area contributed by atoms with Crippen molar-refractivity contribution in [2.75, 3.05) is 25.6 Å². The molecule has 0 atom stereocenters. The summed E-state index contributed by atoms with van der Waals surface area (Å²) in [5, 5.41) is 10.7. The zero-order chi connectivity index (χ0) is 14.9. The summed E-state index contributed by atoms with van der Waals surface area (Å²) in [5.41, 5.74) is 2.19. The van der Waals surface area contributed by atoms with Crippen molar-refractivity contribution in [2.45, 2.75) is 6.54 Å². The largest absolute Gasteiger partial charge is 0.356 e. The second kappa shape index (κ2) is 8.31. The molecule has 0 aliphatic heterocycles. The molecule has 0 spiro atoms. The van der Waals surface area contributed by atoms with Crippen LogP contribution < -0.4 is 10.6 Å². The Kier molecular flexibility index (Phi) is 6.08. The molecule has 7 heteroatoms. The quantitative estimate of drug-likeness (QED) is 0.478. The van der Waals surface area contributed by atoms with E-state index in [1.54, 1.807) is 18.1 Å². The predicted octanol–water partition coefficient (Wildman–Crippen LogP) is 1.30. The lowest BCUT2D eigenvalue weighted by atomic mass is 10.2. The van der Waals surface area contributed by atoms with E-state index in [2.05, 4.69) is 44.1 Å². The van der Waals surface area contributed by atoms with Crippen LogP contribution in [0.15, 0.2) is 41.9 Å². The molecule has 1 aromatic carbocycles. The van der Waals surface area contributed by atoms with Gasteiger partial charge in [0.05, 0.1) is 5.69 Å². The SMILES string of the molecule is CN=C(NCCSC)NCc1ccc(-n2cncn2)cc1. The summed E-state index contributed by atoms with van der Waals surface area (Å²) in [6, 6.07) is 8.18. The van der Waals surface area contributed by atoms with Crippen molar-refractivity contribution in [3.8, 4) is 5.69 Å². The Hall–Kier alpha value is -2.02. The highest BCUT2D eigenvalue weighted by Gasteiger charge is 2.00. The van der Waals surface area contributed by atoms with Crippen molar-refractivity contribution < 1.29 is 0 Å². The molecule has 1 aromatic heterocycles. The average molecular weight is 304 g/mol. The minimum absolute atomic E-state index is 0.733. The van der Waals surface area contributed by atoms with Gasteiger partial charge in [-0.25, -0.2) is 9.67 Å². The molecule has 0 radical (unpaired) electrons. The third-order valence-corrected chi connectivity index (χ3v) is 3.51. The molecule has 0 fully saturated rings. The standard InChI is InChI=1S/C14H20N6S/c1-15-14(17-7-8-21-2)18-9-12-3-5-13(6-4-12)20-11-16-10-19-20/h3-6,10-11H,7-9H2,1-2H3,(H2,15,17,18). The fourth-order valence-electron chi connectivity index (χ4n) is 1.79. The van der Waals surface area contributed by atoms with Crippen LogP contribution in [0.1, 0.15) is 5.56 Å². The van der Waals surface area contributed by atoms with Gasteiger partial charge in [-0.1, -0.05) is 12.1 Å². The molecule has 0 aliphatic carbocycles. The number of benzene rings is 1. The van der Waals surface area contributed by atoms with E-state index in [1.807, 2.05) is 23.9 Å². The molecule has 0 saturated heterocycles.